The molecule has 1 aliphatic carbocycles. The summed E-state index contributed by atoms with van der Waals surface area (Å²) in [5, 5.41) is 8.95. The maximum atomic E-state index is 10.9. The predicted molar refractivity (Wildman–Crippen MR) is 48.5 cm³/mol. The molecule has 0 saturated heterocycles. The molecule has 0 bridgehead atoms. The standard InChI is InChI=1S/C9H15ClO2/c10-7-2-1-4-9(8(11)12)5-3-6-9/h1-7H2,(H,11,12). The lowest BCUT2D eigenvalue weighted by molar-refractivity contribution is -0.155. The Kier molecular flexibility index (Phi) is 3.39. The van der Waals surface area contributed by atoms with Crippen molar-refractivity contribution < 1.29 is 9.90 Å². The zero-order chi connectivity index (χ0) is 9.03. The van der Waals surface area contributed by atoms with Crippen molar-refractivity contribution in [3.8, 4) is 0 Å². The van der Waals surface area contributed by atoms with Gasteiger partial charge < -0.3 is 5.11 Å². The molecule has 1 fully saturated rings. The molecule has 1 N–H and O–H groups in total. The van der Waals surface area contributed by atoms with E-state index in [0.29, 0.717) is 5.88 Å². The van der Waals surface area contributed by atoms with Crippen molar-refractivity contribution in [3.05, 3.63) is 0 Å². The van der Waals surface area contributed by atoms with Crippen LogP contribution in [0.25, 0.3) is 0 Å². The Bertz CT molecular complexity index is 164. The van der Waals surface area contributed by atoms with Gasteiger partial charge in [0.1, 0.15) is 0 Å². The van der Waals surface area contributed by atoms with Crippen LogP contribution in [0, 0.1) is 5.41 Å². The van der Waals surface area contributed by atoms with Crippen LogP contribution in [0.4, 0.5) is 0 Å². The Morgan fingerprint density at radius 3 is 2.42 bits per heavy atom. The van der Waals surface area contributed by atoms with Crippen molar-refractivity contribution in [3.63, 3.8) is 0 Å². The molecule has 0 amide bonds. The maximum absolute atomic E-state index is 10.9. The van der Waals surface area contributed by atoms with Gasteiger partial charge in [0.2, 0.25) is 0 Å². The zero-order valence-electron chi connectivity index (χ0n) is 7.18. The molecule has 0 aromatic rings. The molecule has 0 radical (unpaired) electrons. The minimum atomic E-state index is -0.608. The predicted octanol–water partition coefficient (Wildman–Crippen LogP) is 2.65. The lowest BCUT2D eigenvalue weighted by atomic mass is 9.66. The molecule has 1 saturated carbocycles. The first-order valence-corrected chi connectivity index (χ1v) is 5.04. The highest BCUT2D eigenvalue weighted by molar-refractivity contribution is 6.17. The van der Waals surface area contributed by atoms with E-state index in [9.17, 15) is 4.79 Å². The molecular weight excluding hydrogens is 176 g/mol. The lowest BCUT2D eigenvalue weighted by Gasteiger charge is -2.37. The van der Waals surface area contributed by atoms with Crippen LogP contribution in [0.3, 0.4) is 0 Å². The van der Waals surface area contributed by atoms with E-state index in [1.165, 1.54) is 0 Å². The van der Waals surface area contributed by atoms with E-state index in [0.717, 1.165) is 38.5 Å². The van der Waals surface area contributed by atoms with Crippen LogP contribution in [0.2, 0.25) is 0 Å². The van der Waals surface area contributed by atoms with Gasteiger partial charge in [0.05, 0.1) is 5.41 Å². The molecule has 0 aliphatic heterocycles. The van der Waals surface area contributed by atoms with Crippen molar-refractivity contribution >= 4 is 17.6 Å². The first kappa shape index (κ1) is 9.85. The van der Waals surface area contributed by atoms with Crippen molar-refractivity contribution in [2.24, 2.45) is 5.41 Å². The molecule has 0 heterocycles. The number of carbonyl (C=O) groups is 1. The first-order valence-electron chi connectivity index (χ1n) is 4.51. The summed E-state index contributed by atoms with van der Waals surface area (Å²) in [6, 6.07) is 0. The summed E-state index contributed by atoms with van der Waals surface area (Å²) in [5.74, 6) is 0.0405. The Morgan fingerprint density at radius 1 is 1.42 bits per heavy atom. The average Bonchev–Trinajstić information content (AvgIpc) is 1.94. The monoisotopic (exact) mass is 190 g/mol. The fourth-order valence-corrected chi connectivity index (χ4v) is 1.92. The molecule has 0 aromatic carbocycles. The normalized spacial score (nSPS) is 20.1. The van der Waals surface area contributed by atoms with Crippen molar-refractivity contribution in [2.45, 2.75) is 38.5 Å². The van der Waals surface area contributed by atoms with Gasteiger partial charge >= 0.3 is 5.97 Å². The van der Waals surface area contributed by atoms with Gasteiger partial charge in [-0.25, -0.2) is 0 Å². The number of unbranched alkanes of at least 4 members (excludes halogenated alkanes) is 1. The summed E-state index contributed by atoms with van der Waals surface area (Å²) < 4.78 is 0. The number of carboxylic acids is 1. The Balaban J connectivity index is 2.30. The quantitative estimate of drug-likeness (QED) is 0.535. The van der Waals surface area contributed by atoms with E-state index < -0.39 is 5.97 Å². The second kappa shape index (κ2) is 4.13. The van der Waals surface area contributed by atoms with Crippen molar-refractivity contribution in [1.29, 1.82) is 0 Å². The van der Waals surface area contributed by atoms with Crippen LogP contribution >= 0.6 is 11.6 Å². The van der Waals surface area contributed by atoms with Gasteiger partial charge in [-0.15, -0.1) is 11.6 Å². The maximum Gasteiger partial charge on any atom is 0.309 e. The second-order valence-electron chi connectivity index (χ2n) is 3.59. The van der Waals surface area contributed by atoms with Crippen LogP contribution in [0.1, 0.15) is 38.5 Å². The van der Waals surface area contributed by atoms with Crippen molar-refractivity contribution in [2.75, 3.05) is 5.88 Å². The van der Waals surface area contributed by atoms with Crippen LogP contribution in [0.5, 0.6) is 0 Å². The van der Waals surface area contributed by atoms with E-state index in [1.807, 2.05) is 0 Å². The number of halogens is 1. The minimum absolute atomic E-state index is 0.369. The molecule has 0 aromatic heterocycles. The Morgan fingerprint density at radius 2 is 2.08 bits per heavy atom. The highest BCUT2D eigenvalue weighted by Crippen LogP contribution is 2.45. The summed E-state index contributed by atoms with van der Waals surface area (Å²) in [4.78, 5) is 10.9. The van der Waals surface area contributed by atoms with Crippen LogP contribution < -0.4 is 0 Å². The number of hydrogen-bond acceptors (Lipinski definition) is 1. The number of hydrogen-bond donors (Lipinski definition) is 1. The molecule has 0 spiro atoms. The zero-order valence-corrected chi connectivity index (χ0v) is 7.94. The number of rotatable bonds is 5. The van der Waals surface area contributed by atoms with Gasteiger partial charge in [0.25, 0.3) is 0 Å². The third-order valence-electron chi connectivity index (χ3n) is 2.80. The fraction of sp³-hybridized carbons (Fsp3) is 0.889. The summed E-state index contributed by atoms with van der Waals surface area (Å²) >= 11 is 5.52. The van der Waals surface area contributed by atoms with Gasteiger partial charge in [-0.1, -0.05) is 12.8 Å². The van der Waals surface area contributed by atoms with Crippen molar-refractivity contribution in [1.82, 2.24) is 0 Å². The van der Waals surface area contributed by atoms with Gasteiger partial charge in [0, 0.05) is 5.88 Å². The molecule has 0 unspecified atom stereocenters. The second-order valence-corrected chi connectivity index (χ2v) is 3.96. The van der Waals surface area contributed by atoms with E-state index >= 15 is 0 Å². The minimum Gasteiger partial charge on any atom is -0.481 e. The third-order valence-corrected chi connectivity index (χ3v) is 3.07. The molecule has 12 heavy (non-hydrogen) atoms. The van der Waals surface area contributed by atoms with Crippen LogP contribution in [0.15, 0.2) is 0 Å². The summed E-state index contributed by atoms with van der Waals surface area (Å²) in [6.07, 6.45) is 5.52. The molecule has 3 heteroatoms. The number of carboxylic acid groups (broad SMARTS) is 1. The van der Waals surface area contributed by atoms with Gasteiger partial charge in [-0.05, 0) is 25.7 Å². The van der Waals surface area contributed by atoms with E-state index in [1.54, 1.807) is 0 Å². The summed E-state index contributed by atoms with van der Waals surface area (Å²) in [6.45, 7) is 0. The Hall–Kier alpha value is -0.240. The highest BCUT2D eigenvalue weighted by Gasteiger charge is 2.43. The van der Waals surface area contributed by atoms with Crippen LogP contribution in [-0.2, 0) is 4.79 Å². The Labute approximate surface area is 77.9 Å². The first-order chi connectivity index (χ1) is 5.71. The summed E-state index contributed by atoms with van der Waals surface area (Å²) in [7, 11) is 0. The molecule has 1 aliphatic rings. The smallest absolute Gasteiger partial charge is 0.309 e. The third kappa shape index (κ3) is 1.92. The lowest BCUT2D eigenvalue weighted by Crippen LogP contribution is -2.37. The number of alkyl halides is 1. The van der Waals surface area contributed by atoms with Gasteiger partial charge in [0.15, 0.2) is 0 Å². The largest absolute Gasteiger partial charge is 0.481 e. The topological polar surface area (TPSA) is 37.3 Å². The molecule has 2 nitrogen and oxygen atoms in total. The van der Waals surface area contributed by atoms with E-state index in [-0.39, 0.29) is 5.41 Å². The SMILES string of the molecule is O=C(O)C1(CCCCCl)CCC1. The molecule has 1 rings (SSSR count). The van der Waals surface area contributed by atoms with Gasteiger partial charge in [-0.2, -0.15) is 0 Å². The number of aliphatic carboxylic acids is 1. The fourth-order valence-electron chi connectivity index (χ4n) is 1.73. The summed E-state index contributed by atoms with van der Waals surface area (Å²) in [5.41, 5.74) is -0.369. The molecular formula is C9H15ClO2. The highest BCUT2D eigenvalue weighted by atomic mass is 35.5. The average molecular weight is 191 g/mol. The molecule has 70 valence electrons. The van der Waals surface area contributed by atoms with E-state index in [4.69, 9.17) is 16.7 Å². The van der Waals surface area contributed by atoms with Gasteiger partial charge in [-0.3, -0.25) is 4.79 Å². The van der Waals surface area contributed by atoms with Crippen LogP contribution in [-0.4, -0.2) is 17.0 Å². The molecule has 0 atom stereocenters. The van der Waals surface area contributed by atoms with E-state index in [2.05, 4.69) is 0 Å².